The monoisotopic (exact) mass is 238 g/mol. The average Bonchev–Trinajstić information content (AvgIpc) is 2.39. The summed E-state index contributed by atoms with van der Waals surface area (Å²) in [4.78, 5) is 10.7. The SMILES string of the molecule is CNc1ncc(C)c(N2CCOCC2CO)n1. The minimum atomic E-state index is -0.0259. The average molecular weight is 238 g/mol. The van der Waals surface area contributed by atoms with Crippen LogP contribution in [-0.2, 0) is 4.74 Å². The van der Waals surface area contributed by atoms with E-state index in [1.54, 1.807) is 13.2 Å². The second kappa shape index (κ2) is 5.29. The molecule has 0 aliphatic carbocycles. The maximum atomic E-state index is 9.36. The summed E-state index contributed by atoms with van der Waals surface area (Å²) >= 11 is 0. The number of ether oxygens (including phenoxy) is 1. The molecule has 1 unspecified atom stereocenters. The topological polar surface area (TPSA) is 70.5 Å². The lowest BCUT2D eigenvalue weighted by Gasteiger charge is -2.36. The van der Waals surface area contributed by atoms with Gasteiger partial charge < -0.3 is 20.1 Å². The van der Waals surface area contributed by atoms with Crippen molar-refractivity contribution >= 4 is 11.8 Å². The Kier molecular flexibility index (Phi) is 3.75. The van der Waals surface area contributed by atoms with Crippen LogP contribution in [0.15, 0.2) is 6.20 Å². The van der Waals surface area contributed by atoms with Crippen LogP contribution in [-0.4, -0.2) is 54.5 Å². The molecule has 0 saturated carbocycles. The summed E-state index contributed by atoms with van der Waals surface area (Å²) < 4.78 is 5.36. The van der Waals surface area contributed by atoms with Crippen molar-refractivity contribution in [1.82, 2.24) is 9.97 Å². The van der Waals surface area contributed by atoms with E-state index in [0.717, 1.165) is 17.9 Å². The molecule has 1 aliphatic heterocycles. The Morgan fingerprint density at radius 1 is 1.65 bits per heavy atom. The van der Waals surface area contributed by atoms with Crippen molar-refractivity contribution in [2.45, 2.75) is 13.0 Å². The van der Waals surface area contributed by atoms with Crippen LogP contribution in [0.5, 0.6) is 0 Å². The third-order valence-electron chi connectivity index (χ3n) is 2.88. The Morgan fingerprint density at radius 2 is 2.47 bits per heavy atom. The number of nitrogens with zero attached hydrogens (tertiary/aromatic N) is 3. The van der Waals surface area contributed by atoms with Gasteiger partial charge in [0.15, 0.2) is 0 Å². The maximum absolute atomic E-state index is 9.36. The fourth-order valence-electron chi connectivity index (χ4n) is 1.93. The molecule has 1 aromatic rings. The molecule has 1 fully saturated rings. The third kappa shape index (κ3) is 2.48. The molecule has 1 aliphatic rings. The highest BCUT2D eigenvalue weighted by molar-refractivity contribution is 5.50. The summed E-state index contributed by atoms with van der Waals surface area (Å²) in [7, 11) is 1.79. The van der Waals surface area contributed by atoms with Crippen molar-refractivity contribution in [3.8, 4) is 0 Å². The van der Waals surface area contributed by atoms with Gasteiger partial charge in [0, 0.05) is 25.4 Å². The number of nitrogens with one attached hydrogen (secondary N) is 1. The van der Waals surface area contributed by atoms with E-state index in [2.05, 4.69) is 20.2 Å². The predicted octanol–water partition coefficient (Wildman–Crippen LogP) is 0.0242. The number of hydrogen-bond donors (Lipinski definition) is 2. The fourth-order valence-corrected chi connectivity index (χ4v) is 1.93. The first-order chi connectivity index (χ1) is 8.26. The smallest absolute Gasteiger partial charge is 0.224 e. The van der Waals surface area contributed by atoms with Gasteiger partial charge in [-0.25, -0.2) is 4.98 Å². The number of aliphatic hydroxyl groups is 1. The van der Waals surface area contributed by atoms with Crippen molar-refractivity contribution in [3.63, 3.8) is 0 Å². The van der Waals surface area contributed by atoms with Gasteiger partial charge in [-0.1, -0.05) is 0 Å². The molecule has 2 rings (SSSR count). The first-order valence-electron chi connectivity index (χ1n) is 5.73. The van der Waals surface area contributed by atoms with E-state index in [1.807, 2.05) is 6.92 Å². The Bertz CT molecular complexity index is 386. The van der Waals surface area contributed by atoms with Crippen molar-refractivity contribution in [1.29, 1.82) is 0 Å². The number of rotatable bonds is 3. The van der Waals surface area contributed by atoms with Crippen LogP contribution >= 0.6 is 0 Å². The van der Waals surface area contributed by atoms with Gasteiger partial charge in [0.1, 0.15) is 5.82 Å². The van der Waals surface area contributed by atoms with Crippen molar-refractivity contribution in [3.05, 3.63) is 11.8 Å². The van der Waals surface area contributed by atoms with Crippen molar-refractivity contribution < 1.29 is 9.84 Å². The fraction of sp³-hybridized carbons (Fsp3) is 0.636. The molecule has 94 valence electrons. The predicted molar refractivity (Wildman–Crippen MR) is 65.4 cm³/mol. The molecule has 0 spiro atoms. The highest BCUT2D eigenvalue weighted by atomic mass is 16.5. The van der Waals surface area contributed by atoms with Crippen LogP contribution < -0.4 is 10.2 Å². The molecule has 0 bridgehead atoms. The molecule has 0 aromatic carbocycles. The van der Waals surface area contributed by atoms with Gasteiger partial charge in [-0.2, -0.15) is 4.98 Å². The quantitative estimate of drug-likeness (QED) is 0.774. The Balaban J connectivity index is 2.30. The summed E-state index contributed by atoms with van der Waals surface area (Å²) in [5, 5.41) is 12.3. The number of morpholine rings is 1. The van der Waals surface area contributed by atoms with Crippen LogP contribution in [0, 0.1) is 6.92 Å². The molecule has 17 heavy (non-hydrogen) atoms. The second-order valence-corrected chi connectivity index (χ2v) is 4.05. The summed E-state index contributed by atoms with van der Waals surface area (Å²) in [5.41, 5.74) is 1.00. The molecular formula is C11H18N4O2. The van der Waals surface area contributed by atoms with Gasteiger partial charge in [-0.05, 0) is 6.92 Å². The van der Waals surface area contributed by atoms with E-state index in [-0.39, 0.29) is 12.6 Å². The Labute approximate surface area is 101 Å². The van der Waals surface area contributed by atoms with Gasteiger partial charge in [-0.15, -0.1) is 0 Å². The van der Waals surface area contributed by atoms with Crippen LogP contribution in [0.4, 0.5) is 11.8 Å². The number of aromatic nitrogens is 2. The summed E-state index contributed by atoms with van der Waals surface area (Å²) in [6.07, 6.45) is 1.79. The molecule has 2 heterocycles. The molecule has 2 N–H and O–H groups in total. The zero-order valence-corrected chi connectivity index (χ0v) is 10.2. The van der Waals surface area contributed by atoms with Crippen LogP contribution in [0.2, 0.25) is 0 Å². The number of aryl methyl sites for hydroxylation is 1. The third-order valence-corrected chi connectivity index (χ3v) is 2.88. The number of hydrogen-bond acceptors (Lipinski definition) is 6. The Hall–Kier alpha value is -1.40. The van der Waals surface area contributed by atoms with E-state index < -0.39 is 0 Å². The van der Waals surface area contributed by atoms with Crippen molar-refractivity contribution in [2.24, 2.45) is 0 Å². The normalized spacial score (nSPS) is 20.4. The number of anilines is 2. The minimum Gasteiger partial charge on any atom is -0.394 e. The van der Waals surface area contributed by atoms with E-state index in [4.69, 9.17) is 4.74 Å². The maximum Gasteiger partial charge on any atom is 0.224 e. The standard InChI is InChI=1S/C11H18N4O2/c1-8-5-13-11(12-2)14-10(8)15-3-4-17-7-9(15)6-16/h5,9,16H,3-4,6-7H2,1-2H3,(H,12,13,14). The molecule has 1 saturated heterocycles. The number of aliphatic hydroxyl groups excluding tert-OH is 1. The first-order valence-corrected chi connectivity index (χ1v) is 5.73. The Morgan fingerprint density at radius 3 is 3.18 bits per heavy atom. The van der Waals surface area contributed by atoms with E-state index in [0.29, 0.717) is 19.2 Å². The van der Waals surface area contributed by atoms with Gasteiger partial charge in [0.2, 0.25) is 5.95 Å². The summed E-state index contributed by atoms with van der Waals surface area (Å²) in [6.45, 7) is 3.98. The summed E-state index contributed by atoms with van der Waals surface area (Å²) in [5.74, 6) is 1.46. The lowest BCUT2D eigenvalue weighted by Crippen LogP contribution is -2.48. The second-order valence-electron chi connectivity index (χ2n) is 4.05. The lowest BCUT2D eigenvalue weighted by molar-refractivity contribution is 0.0722. The van der Waals surface area contributed by atoms with Crippen LogP contribution in [0.1, 0.15) is 5.56 Å². The molecule has 6 heteroatoms. The molecule has 0 radical (unpaired) electrons. The molecule has 1 atom stereocenters. The molecule has 0 amide bonds. The zero-order valence-electron chi connectivity index (χ0n) is 10.2. The molecular weight excluding hydrogens is 220 g/mol. The van der Waals surface area contributed by atoms with Gasteiger partial charge in [-0.3, -0.25) is 0 Å². The lowest BCUT2D eigenvalue weighted by atomic mass is 10.2. The largest absolute Gasteiger partial charge is 0.394 e. The first kappa shape index (κ1) is 12.1. The molecule has 6 nitrogen and oxygen atoms in total. The van der Waals surface area contributed by atoms with E-state index >= 15 is 0 Å². The van der Waals surface area contributed by atoms with Gasteiger partial charge in [0.05, 0.1) is 25.9 Å². The minimum absolute atomic E-state index is 0.0259. The molecule has 1 aromatic heterocycles. The van der Waals surface area contributed by atoms with Crippen LogP contribution in [0.3, 0.4) is 0 Å². The van der Waals surface area contributed by atoms with E-state index in [1.165, 1.54) is 0 Å². The highest BCUT2D eigenvalue weighted by Gasteiger charge is 2.25. The van der Waals surface area contributed by atoms with Crippen LogP contribution in [0.25, 0.3) is 0 Å². The van der Waals surface area contributed by atoms with Crippen molar-refractivity contribution in [2.75, 3.05) is 43.6 Å². The van der Waals surface area contributed by atoms with E-state index in [9.17, 15) is 5.11 Å². The highest BCUT2D eigenvalue weighted by Crippen LogP contribution is 2.22. The zero-order chi connectivity index (χ0) is 12.3. The van der Waals surface area contributed by atoms with Gasteiger partial charge in [0.25, 0.3) is 0 Å². The van der Waals surface area contributed by atoms with Gasteiger partial charge >= 0.3 is 0 Å². The summed E-state index contributed by atoms with van der Waals surface area (Å²) in [6, 6.07) is -0.0259.